The first kappa shape index (κ1) is 26.2. The molecule has 0 atom stereocenters. The van der Waals surface area contributed by atoms with Gasteiger partial charge in [-0.05, 0) is 30.7 Å². The quantitative estimate of drug-likeness (QED) is 0.227. The number of thioether (sulfide) groups is 1. The van der Waals surface area contributed by atoms with Gasteiger partial charge in [0.2, 0.25) is 5.91 Å². The molecule has 0 spiro atoms. The first-order valence-electron chi connectivity index (χ1n) is 10.8. The van der Waals surface area contributed by atoms with Crippen molar-refractivity contribution in [3.63, 3.8) is 0 Å². The van der Waals surface area contributed by atoms with Crippen molar-refractivity contribution in [2.75, 3.05) is 25.3 Å². The van der Waals surface area contributed by atoms with E-state index in [0.717, 1.165) is 18.4 Å². The molecule has 0 aliphatic heterocycles. The van der Waals surface area contributed by atoms with Crippen molar-refractivity contribution >= 4 is 46.6 Å². The smallest absolute Gasteiger partial charge is 0.339 e. The van der Waals surface area contributed by atoms with Crippen LogP contribution in [0.2, 0.25) is 0 Å². The van der Waals surface area contributed by atoms with E-state index in [1.54, 1.807) is 17.4 Å². The fourth-order valence-corrected chi connectivity index (χ4v) is 4.99. The number of allylic oxidation sites excluding steroid dienone is 1. The second-order valence-corrected chi connectivity index (χ2v) is 9.28. The molecule has 2 aromatic heterocycles. The zero-order valence-electron chi connectivity index (χ0n) is 19.7. The number of benzene rings is 1. The number of nitrogens with zero attached hydrogens (tertiary/aromatic N) is 3. The SMILES string of the molecule is C=CCn1c(SCC(=O)Nc2cc(C(=O)OC)ccc2C(=O)OC)nnc1-c1csc(CCC)c1. The zero-order chi connectivity index (χ0) is 25.4. The number of hydrogen-bond acceptors (Lipinski definition) is 9. The molecule has 0 saturated heterocycles. The summed E-state index contributed by atoms with van der Waals surface area (Å²) < 4.78 is 11.4. The molecule has 1 amide bonds. The summed E-state index contributed by atoms with van der Waals surface area (Å²) >= 11 is 2.89. The highest BCUT2D eigenvalue weighted by Gasteiger charge is 2.19. The van der Waals surface area contributed by atoms with Gasteiger partial charge in [-0.1, -0.05) is 31.2 Å². The average molecular weight is 515 g/mol. The van der Waals surface area contributed by atoms with Crippen molar-refractivity contribution in [2.45, 2.75) is 31.5 Å². The maximum absolute atomic E-state index is 12.7. The van der Waals surface area contributed by atoms with E-state index >= 15 is 0 Å². The Kier molecular flexibility index (Phi) is 9.21. The number of esters is 2. The van der Waals surface area contributed by atoms with E-state index in [1.165, 1.54) is 49.1 Å². The molecule has 0 aliphatic carbocycles. The Bertz CT molecular complexity index is 1230. The van der Waals surface area contributed by atoms with Gasteiger partial charge < -0.3 is 14.8 Å². The number of rotatable bonds is 11. The first-order chi connectivity index (χ1) is 16.9. The number of aromatic nitrogens is 3. The van der Waals surface area contributed by atoms with Crippen LogP contribution in [0.25, 0.3) is 11.4 Å². The number of methoxy groups -OCH3 is 2. The number of aryl methyl sites for hydroxylation is 1. The second-order valence-electron chi connectivity index (χ2n) is 7.34. The van der Waals surface area contributed by atoms with E-state index in [4.69, 9.17) is 9.47 Å². The molecule has 0 fully saturated rings. The Balaban J connectivity index is 1.77. The standard InChI is InChI=1S/C24H26N4O5S2/c1-5-7-17-11-16(13-34-17)21-26-27-24(28(21)10-6-2)35-14-20(29)25-19-12-15(22(30)32-3)8-9-18(19)23(31)33-4/h6,8-9,11-13H,2,5,7,10,14H2,1,3-4H3,(H,25,29). The van der Waals surface area contributed by atoms with Crippen LogP contribution in [0.15, 0.2) is 47.5 Å². The molecule has 2 heterocycles. The number of anilines is 1. The van der Waals surface area contributed by atoms with E-state index < -0.39 is 17.8 Å². The van der Waals surface area contributed by atoms with Crippen molar-refractivity contribution in [3.8, 4) is 11.4 Å². The van der Waals surface area contributed by atoms with Gasteiger partial charge >= 0.3 is 11.9 Å². The van der Waals surface area contributed by atoms with Crippen LogP contribution in [0.4, 0.5) is 5.69 Å². The summed E-state index contributed by atoms with van der Waals surface area (Å²) in [5.41, 5.74) is 1.44. The molecular weight excluding hydrogens is 488 g/mol. The average Bonchev–Trinajstić information content (AvgIpc) is 3.49. The maximum Gasteiger partial charge on any atom is 0.339 e. The fraction of sp³-hybridized carbons (Fsp3) is 0.292. The summed E-state index contributed by atoms with van der Waals surface area (Å²) in [6, 6.07) is 6.32. The number of amides is 1. The lowest BCUT2D eigenvalue weighted by atomic mass is 10.1. The van der Waals surface area contributed by atoms with Gasteiger partial charge in [0.1, 0.15) is 0 Å². The lowest BCUT2D eigenvalue weighted by Gasteiger charge is -2.11. The van der Waals surface area contributed by atoms with E-state index in [0.29, 0.717) is 17.5 Å². The minimum Gasteiger partial charge on any atom is -0.465 e. The Morgan fingerprint density at radius 2 is 1.94 bits per heavy atom. The second kappa shape index (κ2) is 12.3. The highest BCUT2D eigenvalue weighted by molar-refractivity contribution is 7.99. The highest BCUT2D eigenvalue weighted by Crippen LogP contribution is 2.29. The lowest BCUT2D eigenvalue weighted by Crippen LogP contribution is -2.18. The molecule has 0 unspecified atom stereocenters. The van der Waals surface area contributed by atoms with Crippen LogP contribution in [-0.2, 0) is 27.2 Å². The van der Waals surface area contributed by atoms with Gasteiger partial charge in [0.25, 0.3) is 0 Å². The minimum atomic E-state index is -0.641. The van der Waals surface area contributed by atoms with E-state index in [-0.39, 0.29) is 22.6 Å². The van der Waals surface area contributed by atoms with Crippen LogP contribution >= 0.6 is 23.1 Å². The molecule has 1 aromatic carbocycles. The Morgan fingerprint density at radius 3 is 2.63 bits per heavy atom. The normalized spacial score (nSPS) is 10.6. The third-order valence-corrected chi connectivity index (χ3v) is 6.85. The summed E-state index contributed by atoms with van der Waals surface area (Å²) in [4.78, 5) is 38.0. The molecule has 0 bridgehead atoms. The monoisotopic (exact) mass is 514 g/mol. The van der Waals surface area contributed by atoms with E-state index in [2.05, 4.69) is 40.5 Å². The molecule has 3 aromatic rings. The van der Waals surface area contributed by atoms with Crippen LogP contribution in [-0.4, -0.2) is 52.6 Å². The third kappa shape index (κ3) is 6.37. The summed E-state index contributed by atoms with van der Waals surface area (Å²) in [6.45, 7) is 6.44. The first-order valence-corrected chi connectivity index (χ1v) is 12.6. The van der Waals surface area contributed by atoms with Gasteiger partial charge in [0, 0.05) is 22.4 Å². The van der Waals surface area contributed by atoms with E-state index in [9.17, 15) is 14.4 Å². The highest BCUT2D eigenvalue weighted by atomic mass is 32.2. The molecule has 11 heteroatoms. The molecule has 9 nitrogen and oxygen atoms in total. The lowest BCUT2D eigenvalue weighted by molar-refractivity contribution is -0.113. The third-order valence-electron chi connectivity index (χ3n) is 4.89. The Hall–Kier alpha value is -3.44. The van der Waals surface area contributed by atoms with Crippen LogP contribution < -0.4 is 5.32 Å². The maximum atomic E-state index is 12.7. The molecule has 0 aliphatic rings. The van der Waals surface area contributed by atoms with Crippen molar-refractivity contribution in [2.24, 2.45) is 0 Å². The van der Waals surface area contributed by atoms with Crippen LogP contribution in [0, 0.1) is 0 Å². The van der Waals surface area contributed by atoms with Gasteiger partial charge in [0.05, 0.1) is 36.8 Å². The number of ether oxygens (including phenoxy) is 2. The van der Waals surface area contributed by atoms with Gasteiger partial charge in [-0.2, -0.15) is 0 Å². The fourth-order valence-electron chi connectivity index (χ4n) is 3.27. The van der Waals surface area contributed by atoms with Gasteiger partial charge in [-0.3, -0.25) is 9.36 Å². The van der Waals surface area contributed by atoms with Gasteiger partial charge in [0.15, 0.2) is 11.0 Å². The summed E-state index contributed by atoms with van der Waals surface area (Å²) in [7, 11) is 2.49. The number of carbonyl (C=O) groups is 3. The molecule has 35 heavy (non-hydrogen) atoms. The topological polar surface area (TPSA) is 112 Å². The molecular formula is C24H26N4O5S2. The van der Waals surface area contributed by atoms with Crippen molar-refractivity contribution in [1.29, 1.82) is 0 Å². The van der Waals surface area contributed by atoms with Crippen molar-refractivity contribution in [1.82, 2.24) is 14.8 Å². The van der Waals surface area contributed by atoms with E-state index in [1.807, 2.05) is 4.57 Å². The van der Waals surface area contributed by atoms with Gasteiger partial charge in [-0.15, -0.1) is 28.1 Å². The van der Waals surface area contributed by atoms with Crippen LogP contribution in [0.5, 0.6) is 0 Å². The summed E-state index contributed by atoms with van der Waals surface area (Å²) in [5.74, 6) is -0.907. The zero-order valence-corrected chi connectivity index (χ0v) is 21.3. The van der Waals surface area contributed by atoms with Crippen LogP contribution in [0.1, 0.15) is 38.9 Å². The molecule has 184 valence electrons. The molecule has 1 N–H and O–H groups in total. The van der Waals surface area contributed by atoms with Crippen molar-refractivity contribution in [3.05, 3.63) is 58.3 Å². The molecule has 3 rings (SSSR count). The molecule has 0 saturated carbocycles. The van der Waals surface area contributed by atoms with Gasteiger partial charge in [-0.25, -0.2) is 9.59 Å². The van der Waals surface area contributed by atoms with Crippen molar-refractivity contribution < 1.29 is 23.9 Å². The number of nitrogens with one attached hydrogen (secondary N) is 1. The molecule has 0 radical (unpaired) electrons. The number of thiophene rings is 1. The minimum absolute atomic E-state index is 0.00304. The predicted octanol–water partition coefficient (Wildman–Crippen LogP) is 4.45. The number of carbonyl (C=O) groups excluding carboxylic acids is 3. The number of hydrogen-bond donors (Lipinski definition) is 1. The largest absolute Gasteiger partial charge is 0.465 e. The Labute approximate surface area is 211 Å². The van der Waals surface area contributed by atoms with Crippen LogP contribution in [0.3, 0.4) is 0 Å². The summed E-state index contributed by atoms with van der Waals surface area (Å²) in [5, 5.41) is 13.9. The predicted molar refractivity (Wildman–Crippen MR) is 136 cm³/mol. The Morgan fingerprint density at radius 1 is 1.17 bits per heavy atom. The summed E-state index contributed by atoms with van der Waals surface area (Å²) in [6.07, 6.45) is 3.82.